The minimum Gasteiger partial charge on any atom is -0.381 e. The van der Waals surface area contributed by atoms with E-state index in [1.165, 1.54) is 12.3 Å². The van der Waals surface area contributed by atoms with E-state index in [-0.39, 0.29) is 29.2 Å². The van der Waals surface area contributed by atoms with E-state index < -0.39 is 11.7 Å². The smallest absolute Gasteiger partial charge is 0.219 e. The Kier molecular flexibility index (Phi) is 5.14. The number of anilines is 1. The minimum atomic E-state index is -0.543. The summed E-state index contributed by atoms with van der Waals surface area (Å²) in [6.07, 6.45) is 3.10. The molecule has 110 valence electrons. The number of hydrogen-bond donors (Lipinski definition) is 2. The number of nitrogens with one attached hydrogen (secondary N) is 1. The maximum absolute atomic E-state index is 13.8. The molecule has 0 spiro atoms. The lowest BCUT2D eigenvalue weighted by Crippen LogP contribution is -2.37. The van der Waals surface area contributed by atoms with Crippen LogP contribution in [0.2, 0.25) is 5.02 Å². The zero-order valence-corrected chi connectivity index (χ0v) is 11.7. The summed E-state index contributed by atoms with van der Waals surface area (Å²) in [7, 11) is 0. The molecule has 1 amide bonds. The van der Waals surface area contributed by atoms with E-state index in [1.54, 1.807) is 0 Å². The molecule has 3 N–H and O–H groups in total. The minimum absolute atomic E-state index is 0.0899. The highest BCUT2D eigenvalue weighted by Crippen LogP contribution is 2.25. The molecule has 7 heteroatoms. The van der Waals surface area contributed by atoms with E-state index in [1.807, 2.05) is 0 Å². The van der Waals surface area contributed by atoms with Crippen LogP contribution >= 0.6 is 11.6 Å². The number of aromatic nitrogens is 1. The summed E-state index contributed by atoms with van der Waals surface area (Å²) in [5.41, 5.74) is 5.27. The van der Waals surface area contributed by atoms with Crippen molar-refractivity contribution >= 4 is 23.3 Å². The van der Waals surface area contributed by atoms with Gasteiger partial charge >= 0.3 is 0 Å². The van der Waals surface area contributed by atoms with Crippen LogP contribution < -0.4 is 11.1 Å². The van der Waals surface area contributed by atoms with Crippen molar-refractivity contribution in [3.8, 4) is 0 Å². The van der Waals surface area contributed by atoms with E-state index in [4.69, 9.17) is 22.1 Å². The SMILES string of the molecule is NC(=O)C[C@H](Nc1ncc(Cl)cc1F)C1CCOCC1. The highest BCUT2D eigenvalue weighted by molar-refractivity contribution is 6.30. The molecule has 1 aromatic rings. The van der Waals surface area contributed by atoms with Crippen LogP contribution in [0.3, 0.4) is 0 Å². The highest BCUT2D eigenvalue weighted by atomic mass is 35.5. The number of nitrogens with zero attached hydrogens (tertiary/aromatic N) is 1. The van der Waals surface area contributed by atoms with Crippen LogP contribution in [0.1, 0.15) is 19.3 Å². The van der Waals surface area contributed by atoms with Crippen LogP contribution in [-0.4, -0.2) is 30.1 Å². The summed E-state index contributed by atoms with van der Waals surface area (Å²) in [6.45, 7) is 1.27. The molecule has 1 saturated heterocycles. The second kappa shape index (κ2) is 6.85. The molecule has 1 aromatic heterocycles. The molecule has 1 aliphatic rings. The molecule has 2 heterocycles. The monoisotopic (exact) mass is 301 g/mol. The van der Waals surface area contributed by atoms with Gasteiger partial charge in [0.1, 0.15) is 0 Å². The molecule has 20 heavy (non-hydrogen) atoms. The van der Waals surface area contributed by atoms with Gasteiger partial charge in [0.15, 0.2) is 11.6 Å². The van der Waals surface area contributed by atoms with Gasteiger partial charge in [-0.25, -0.2) is 9.37 Å². The quantitative estimate of drug-likeness (QED) is 0.871. The number of amides is 1. The van der Waals surface area contributed by atoms with Crippen molar-refractivity contribution in [1.82, 2.24) is 4.98 Å². The molecule has 0 saturated carbocycles. The Morgan fingerprint density at radius 3 is 2.90 bits per heavy atom. The third-order valence-corrected chi connectivity index (χ3v) is 3.59. The lowest BCUT2D eigenvalue weighted by molar-refractivity contribution is -0.118. The maximum Gasteiger partial charge on any atom is 0.219 e. The number of hydrogen-bond acceptors (Lipinski definition) is 4. The van der Waals surface area contributed by atoms with Crippen molar-refractivity contribution in [2.75, 3.05) is 18.5 Å². The fourth-order valence-corrected chi connectivity index (χ4v) is 2.51. The second-order valence-corrected chi connectivity index (χ2v) is 5.29. The van der Waals surface area contributed by atoms with Crippen LogP contribution in [0.15, 0.2) is 12.3 Å². The fourth-order valence-electron chi connectivity index (χ4n) is 2.37. The Bertz CT molecular complexity index is 481. The largest absolute Gasteiger partial charge is 0.381 e. The first kappa shape index (κ1) is 15.0. The summed E-state index contributed by atoms with van der Waals surface area (Å²) in [5, 5.41) is 3.20. The Morgan fingerprint density at radius 1 is 1.60 bits per heavy atom. The van der Waals surface area contributed by atoms with Crippen molar-refractivity contribution in [3.05, 3.63) is 23.1 Å². The molecule has 5 nitrogen and oxygen atoms in total. The normalized spacial score (nSPS) is 17.7. The van der Waals surface area contributed by atoms with Crippen LogP contribution in [-0.2, 0) is 9.53 Å². The number of carbonyl (C=O) groups is 1. The molecule has 1 aliphatic heterocycles. The van der Waals surface area contributed by atoms with Crippen molar-refractivity contribution in [2.45, 2.75) is 25.3 Å². The van der Waals surface area contributed by atoms with Gasteiger partial charge in [0, 0.05) is 31.9 Å². The van der Waals surface area contributed by atoms with Crippen molar-refractivity contribution in [2.24, 2.45) is 11.7 Å². The molecule has 0 radical (unpaired) electrons. The number of ether oxygens (including phenoxy) is 1. The Morgan fingerprint density at radius 2 is 2.30 bits per heavy atom. The molecule has 0 aliphatic carbocycles. The summed E-state index contributed by atoms with van der Waals surface area (Å²) >= 11 is 5.67. The molecular formula is C13H17ClFN3O2. The molecule has 1 atom stereocenters. The van der Waals surface area contributed by atoms with Gasteiger partial charge in [-0.15, -0.1) is 0 Å². The maximum atomic E-state index is 13.8. The zero-order valence-electron chi connectivity index (χ0n) is 10.9. The van der Waals surface area contributed by atoms with E-state index in [0.717, 1.165) is 12.8 Å². The first-order chi connectivity index (χ1) is 9.56. The van der Waals surface area contributed by atoms with Gasteiger partial charge in [-0.3, -0.25) is 4.79 Å². The standard InChI is InChI=1S/C13H17ClFN3O2/c14-9-5-10(15)13(17-7-9)18-11(6-12(16)19)8-1-3-20-4-2-8/h5,7-8,11H,1-4,6H2,(H2,16,19)(H,17,18)/t11-/m0/s1. The Labute approximate surface area is 121 Å². The summed E-state index contributed by atoms with van der Waals surface area (Å²) in [6, 6.07) is 0.932. The van der Waals surface area contributed by atoms with Gasteiger partial charge < -0.3 is 15.8 Å². The second-order valence-electron chi connectivity index (χ2n) is 4.86. The van der Waals surface area contributed by atoms with E-state index in [9.17, 15) is 9.18 Å². The average Bonchev–Trinajstić information content (AvgIpc) is 2.41. The number of rotatable bonds is 5. The van der Waals surface area contributed by atoms with Crippen molar-refractivity contribution < 1.29 is 13.9 Å². The predicted octanol–water partition coefficient (Wildman–Crippen LogP) is 1.96. The van der Waals surface area contributed by atoms with E-state index in [0.29, 0.717) is 13.2 Å². The Hall–Kier alpha value is -1.40. The third kappa shape index (κ3) is 4.05. The van der Waals surface area contributed by atoms with Gasteiger partial charge in [0.25, 0.3) is 0 Å². The topological polar surface area (TPSA) is 77.2 Å². The van der Waals surface area contributed by atoms with Crippen molar-refractivity contribution in [1.29, 1.82) is 0 Å². The lowest BCUT2D eigenvalue weighted by atomic mass is 9.89. The molecule has 0 aromatic carbocycles. The van der Waals surface area contributed by atoms with Gasteiger partial charge in [-0.2, -0.15) is 0 Å². The summed E-state index contributed by atoms with van der Waals surface area (Å²) in [5.74, 6) is -0.678. The fraction of sp³-hybridized carbons (Fsp3) is 0.538. The molecular weight excluding hydrogens is 285 g/mol. The molecule has 1 fully saturated rings. The summed E-state index contributed by atoms with van der Waals surface area (Å²) < 4.78 is 19.1. The number of pyridine rings is 1. The van der Waals surface area contributed by atoms with Crippen molar-refractivity contribution in [3.63, 3.8) is 0 Å². The van der Waals surface area contributed by atoms with Gasteiger partial charge in [-0.05, 0) is 24.8 Å². The lowest BCUT2D eigenvalue weighted by Gasteiger charge is -2.30. The Balaban J connectivity index is 2.11. The van der Waals surface area contributed by atoms with Gasteiger partial charge in [0.05, 0.1) is 5.02 Å². The van der Waals surface area contributed by atoms with Crippen LogP contribution in [0, 0.1) is 11.7 Å². The molecule has 0 bridgehead atoms. The molecule has 2 rings (SSSR count). The number of nitrogens with two attached hydrogens (primary N) is 1. The van der Waals surface area contributed by atoms with Crippen LogP contribution in [0.25, 0.3) is 0 Å². The third-order valence-electron chi connectivity index (χ3n) is 3.39. The first-order valence-electron chi connectivity index (χ1n) is 6.50. The first-order valence-corrected chi connectivity index (χ1v) is 6.87. The van der Waals surface area contributed by atoms with E-state index in [2.05, 4.69) is 10.3 Å². The number of carbonyl (C=O) groups excluding carboxylic acids is 1. The van der Waals surface area contributed by atoms with Crippen LogP contribution in [0.4, 0.5) is 10.2 Å². The van der Waals surface area contributed by atoms with Gasteiger partial charge in [-0.1, -0.05) is 11.6 Å². The highest BCUT2D eigenvalue weighted by Gasteiger charge is 2.26. The average molecular weight is 302 g/mol. The number of primary amides is 1. The van der Waals surface area contributed by atoms with E-state index >= 15 is 0 Å². The molecule has 0 unspecified atom stereocenters. The zero-order chi connectivity index (χ0) is 14.5. The van der Waals surface area contributed by atoms with Crippen LogP contribution in [0.5, 0.6) is 0 Å². The predicted molar refractivity (Wildman–Crippen MR) is 74.0 cm³/mol. The van der Waals surface area contributed by atoms with Gasteiger partial charge in [0.2, 0.25) is 5.91 Å². The number of halogens is 2. The summed E-state index contributed by atoms with van der Waals surface area (Å²) in [4.78, 5) is 15.1.